The number of fused-ring (bicyclic) bond motifs is 4. The number of hydrogen-bond donors (Lipinski definition) is 2. The highest BCUT2D eigenvalue weighted by Gasteiger charge is 2.53. The highest BCUT2D eigenvalue weighted by molar-refractivity contribution is 6.24. The summed E-state index contributed by atoms with van der Waals surface area (Å²) in [5.41, 5.74) is 5.66. The van der Waals surface area contributed by atoms with Crippen LogP contribution >= 0.6 is 0 Å². The number of para-hydroxylation sites is 2. The summed E-state index contributed by atoms with van der Waals surface area (Å²) in [6.07, 6.45) is 4.60. The summed E-state index contributed by atoms with van der Waals surface area (Å²) in [5, 5.41) is 4.05. The minimum Gasteiger partial charge on any atom is -0.356 e. The van der Waals surface area contributed by atoms with E-state index >= 15 is 0 Å². The molecule has 1 aromatic heterocycles. The van der Waals surface area contributed by atoms with Crippen molar-refractivity contribution >= 4 is 34.4 Å². The Balaban J connectivity index is 1.40. The van der Waals surface area contributed by atoms with Crippen LogP contribution < -0.4 is 10.2 Å². The van der Waals surface area contributed by atoms with Crippen LogP contribution in [0.5, 0.6) is 0 Å². The van der Waals surface area contributed by atoms with Crippen LogP contribution in [0, 0.1) is 6.92 Å². The number of benzene rings is 3. The molecule has 3 aromatic carbocycles. The van der Waals surface area contributed by atoms with E-state index in [1.165, 1.54) is 4.90 Å². The number of hydrogen-bond acceptors (Lipinski definition) is 3. The highest BCUT2D eigenvalue weighted by atomic mass is 16.2. The molecule has 7 nitrogen and oxygen atoms in total. The number of unbranched alkanes of at least 4 members (excludes halogenated alkanes) is 3. The Morgan fingerprint density at radius 1 is 0.950 bits per heavy atom. The van der Waals surface area contributed by atoms with E-state index < -0.39 is 18.1 Å². The van der Waals surface area contributed by atoms with Gasteiger partial charge in [-0.05, 0) is 48.2 Å². The van der Waals surface area contributed by atoms with Gasteiger partial charge in [-0.25, -0.2) is 9.69 Å². The lowest BCUT2D eigenvalue weighted by Crippen LogP contribution is -2.44. The third kappa shape index (κ3) is 4.26. The molecule has 4 amide bonds. The molecule has 0 saturated carbocycles. The van der Waals surface area contributed by atoms with Gasteiger partial charge in [-0.15, -0.1) is 0 Å². The first kappa shape index (κ1) is 25.9. The first-order valence-corrected chi connectivity index (χ1v) is 14.2. The van der Waals surface area contributed by atoms with Crippen molar-refractivity contribution in [1.82, 2.24) is 15.2 Å². The van der Waals surface area contributed by atoms with Crippen LogP contribution in [-0.4, -0.2) is 40.3 Å². The molecule has 1 fully saturated rings. The standard InChI is InChI=1S/C33H34N4O3/c1-3-4-5-12-19-34-31(38)24-16-9-11-18-27(24)37-32(39)28-20-25-23-15-8-10-17-26(23)35-29(25)30(36(28)33(37)40)22-14-7-6-13-21(22)2/h6-11,13-18,28,30,35H,3-5,12,19-20H2,1-2H3,(H,34,38)/t28-,30-/m0/s1. The fourth-order valence-electron chi connectivity index (χ4n) is 6.22. The molecule has 2 aliphatic rings. The van der Waals surface area contributed by atoms with E-state index in [1.807, 2.05) is 49.4 Å². The van der Waals surface area contributed by atoms with Crippen molar-refractivity contribution in [2.45, 2.75) is 58.0 Å². The number of carbonyl (C=O) groups is 3. The summed E-state index contributed by atoms with van der Waals surface area (Å²) >= 11 is 0. The smallest absolute Gasteiger partial charge is 0.332 e. The zero-order valence-electron chi connectivity index (χ0n) is 22.9. The minimum absolute atomic E-state index is 0.274. The molecule has 40 heavy (non-hydrogen) atoms. The summed E-state index contributed by atoms with van der Waals surface area (Å²) in [6.45, 7) is 4.73. The van der Waals surface area contributed by atoms with E-state index in [-0.39, 0.29) is 11.8 Å². The van der Waals surface area contributed by atoms with Gasteiger partial charge < -0.3 is 10.3 Å². The molecule has 4 aromatic rings. The van der Waals surface area contributed by atoms with Crippen LogP contribution in [-0.2, 0) is 11.2 Å². The first-order valence-electron chi connectivity index (χ1n) is 14.2. The van der Waals surface area contributed by atoms with Gasteiger partial charge in [0.1, 0.15) is 12.1 Å². The van der Waals surface area contributed by atoms with Crippen LogP contribution in [0.15, 0.2) is 72.8 Å². The molecule has 0 radical (unpaired) electrons. The van der Waals surface area contributed by atoms with Gasteiger partial charge in [0.05, 0.1) is 11.3 Å². The molecule has 2 N–H and O–H groups in total. The lowest BCUT2D eigenvalue weighted by molar-refractivity contribution is -0.120. The number of aryl methyl sites for hydroxylation is 1. The van der Waals surface area contributed by atoms with E-state index in [2.05, 4.69) is 23.3 Å². The number of aromatic amines is 1. The number of amides is 4. The second-order valence-electron chi connectivity index (χ2n) is 10.7. The molecule has 204 valence electrons. The number of H-pyrrole nitrogens is 1. The zero-order valence-corrected chi connectivity index (χ0v) is 22.9. The van der Waals surface area contributed by atoms with Gasteiger partial charge in [-0.1, -0.05) is 80.8 Å². The Bertz CT molecular complexity index is 1610. The third-order valence-corrected chi connectivity index (χ3v) is 8.24. The molecule has 0 spiro atoms. The normalized spacial score (nSPS) is 18.2. The maximum atomic E-state index is 14.3. The largest absolute Gasteiger partial charge is 0.356 e. The van der Waals surface area contributed by atoms with Gasteiger partial charge in [-0.3, -0.25) is 14.5 Å². The van der Waals surface area contributed by atoms with Crippen LogP contribution in [0.3, 0.4) is 0 Å². The minimum atomic E-state index is -0.672. The van der Waals surface area contributed by atoms with Crippen LogP contribution in [0.4, 0.5) is 10.5 Å². The van der Waals surface area contributed by atoms with Gasteiger partial charge in [0.15, 0.2) is 0 Å². The number of imide groups is 1. The Kier molecular flexibility index (Phi) is 6.88. The summed E-state index contributed by atoms with van der Waals surface area (Å²) in [7, 11) is 0. The van der Waals surface area contributed by atoms with Crippen LogP contribution in [0.25, 0.3) is 10.9 Å². The molecular weight excluding hydrogens is 500 g/mol. The first-order chi connectivity index (χ1) is 19.5. The molecule has 2 atom stereocenters. The fraction of sp³-hybridized carbons (Fsp3) is 0.303. The molecule has 3 heterocycles. The molecule has 0 unspecified atom stereocenters. The van der Waals surface area contributed by atoms with Crippen molar-refractivity contribution in [3.63, 3.8) is 0 Å². The van der Waals surface area contributed by atoms with Crippen LogP contribution in [0.2, 0.25) is 0 Å². The van der Waals surface area contributed by atoms with Gasteiger partial charge in [0, 0.05) is 29.6 Å². The SMILES string of the molecule is CCCCCCNC(=O)c1ccccc1N1C(=O)[C@@H]2Cc3c([nH]c4ccccc34)[C@H](c3ccccc3C)N2C1=O. The zero-order chi connectivity index (χ0) is 27.8. The molecule has 7 heteroatoms. The summed E-state index contributed by atoms with van der Waals surface area (Å²) in [4.78, 5) is 48.1. The lowest BCUT2D eigenvalue weighted by atomic mass is 9.87. The van der Waals surface area contributed by atoms with Crippen molar-refractivity contribution in [2.75, 3.05) is 11.4 Å². The van der Waals surface area contributed by atoms with E-state index in [0.717, 1.165) is 59.0 Å². The second-order valence-corrected chi connectivity index (χ2v) is 10.7. The molecule has 0 bridgehead atoms. The van der Waals surface area contributed by atoms with E-state index in [4.69, 9.17) is 0 Å². The number of urea groups is 1. The molecule has 6 rings (SSSR count). The predicted molar refractivity (Wildman–Crippen MR) is 156 cm³/mol. The number of carbonyl (C=O) groups excluding carboxylic acids is 3. The van der Waals surface area contributed by atoms with Gasteiger partial charge in [0.2, 0.25) is 0 Å². The summed E-state index contributed by atoms with van der Waals surface area (Å²) < 4.78 is 0. The van der Waals surface area contributed by atoms with Crippen molar-refractivity contribution in [1.29, 1.82) is 0 Å². The molecule has 2 aliphatic heterocycles. The monoisotopic (exact) mass is 534 g/mol. The average molecular weight is 535 g/mol. The Hall–Kier alpha value is -4.39. The Morgan fingerprint density at radius 3 is 2.52 bits per heavy atom. The summed E-state index contributed by atoms with van der Waals surface area (Å²) in [5.74, 6) is -0.577. The molecule has 1 saturated heterocycles. The maximum absolute atomic E-state index is 14.3. The number of nitrogens with one attached hydrogen (secondary N) is 2. The topological polar surface area (TPSA) is 85.5 Å². The number of aromatic nitrogens is 1. The molecular formula is C33H34N4O3. The van der Waals surface area contributed by atoms with Gasteiger partial charge in [0.25, 0.3) is 11.8 Å². The highest BCUT2D eigenvalue weighted by Crippen LogP contribution is 2.45. The number of nitrogens with zero attached hydrogens (tertiary/aromatic N) is 2. The predicted octanol–water partition coefficient (Wildman–Crippen LogP) is 6.27. The van der Waals surface area contributed by atoms with E-state index in [0.29, 0.717) is 24.2 Å². The maximum Gasteiger partial charge on any atom is 0.332 e. The van der Waals surface area contributed by atoms with Crippen LogP contribution in [0.1, 0.15) is 71.4 Å². The Labute approximate surface area is 234 Å². The number of rotatable bonds is 8. The molecule has 0 aliphatic carbocycles. The van der Waals surface area contributed by atoms with Crippen molar-refractivity contribution in [2.24, 2.45) is 0 Å². The Morgan fingerprint density at radius 2 is 1.70 bits per heavy atom. The third-order valence-electron chi connectivity index (χ3n) is 8.24. The van der Waals surface area contributed by atoms with Crippen molar-refractivity contribution in [3.05, 3.63) is 101 Å². The fourth-order valence-corrected chi connectivity index (χ4v) is 6.22. The van der Waals surface area contributed by atoms with E-state index in [1.54, 1.807) is 29.2 Å². The van der Waals surface area contributed by atoms with Gasteiger partial charge >= 0.3 is 6.03 Å². The summed E-state index contributed by atoms with van der Waals surface area (Å²) in [6, 6.07) is 21.4. The quantitative estimate of drug-likeness (QED) is 0.206. The van der Waals surface area contributed by atoms with Crippen molar-refractivity contribution in [3.8, 4) is 0 Å². The van der Waals surface area contributed by atoms with Crippen molar-refractivity contribution < 1.29 is 14.4 Å². The van der Waals surface area contributed by atoms with Gasteiger partial charge in [-0.2, -0.15) is 0 Å². The lowest BCUT2D eigenvalue weighted by Gasteiger charge is -2.36. The number of anilines is 1. The van der Waals surface area contributed by atoms with E-state index in [9.17, 15) is 14.4 Å². The second kappa shape index (κ2) is 10.6. The average Bonchev–Trinajstić information content (AvgIpc) is 3.46.